The molecule has 0 rings (SSSR count). The van der Waals surface area contributed by atoms with Gasteiger partial charge in [0.25, 0.3) is 0 Å². The zero-order chi connectivity index (χ0) is 7.82. The molecule has 0 radical (unpaired) electrons. The highest BCUT2D eigenvalue weighted by molar-refractivity contribution is 7.79. The van der Waals surface area contributed by atoms with Crippen LogP contribution >= 0.6 is 0 Å². The molecule has 0 aromatic heterocycles. The van der Waals surface area contributed by atoms with Crippen LogP contribution in [0.15, 0.2) is 0 Å². The van der Waals surface area contributed by atoms with Gasteiger partial charge in [0.05, 0.1) is 0 Å². The van der Waals surface area contributed by atoms with E-state index in [0.717, 1.165) is 25.8 Å². The second kappa shape index (κ2) is 7.18. The van der Waals surface area contributed by atoms with Crippen LogP contribution in [0.3, 0.4) is 0 Å². The largest absolute Gasteiger partial charge is 0.772 e. The molecule has 4 heteroatoms. The smallest absolute Gasteiger partial charge is 0.0102 e. The van der Waals surface area contributed by atoms with Crippen molar-refractivity contribution >= 4 is 11.1 Å². The normalized spacial score (nSPS) is 13.4. The third-order valence-corrected chi connectivity index (χ3v) is 1.86. The van der Waals surface area contributed by atoms with Crippen LogP contribution in [0.2, 0.25) is 0 Å². The fourth-order valence-electron chi connectivity index (χ4n) is 0.698. The molecule has 0 saturated heterocycles. The maximum Gasteiger partial charge on any atom is 0.0102 e. The average Bonchev–Trinajstić information content (AvgIpc) is 1.87. The fourth-order valence-corrected chi connectivity index (χ4v) is 1.14. The molecule has 3 nitrogen and oxygen atoms in total. The number of hydrogen-bond donors (Lipinski definition) is 1. The van der Waals surface area contributed by atoms with Gasteiger partial charge in [-0.05, 0) is 26.4 Å². The SMILES string of the molecule is CNCCCCCS(=O)[O-]. The summed E-state index contributed by atoms with van der Waals surface area (Å²) in [6.45, 7) is 0.978. The van der Waals surface area contributed by atoms with E-state index in [0.29, 0.717) is 5.75 Å². The first-order chi connectivity index (χ1) is 4.77. The first-order valence-corrected chi connectivity index (χ1v) is 4.72. The molecule has 0 heterocycles. The molecule has 0 aliphatic carbocycles. The highest BCUT2D eigenvalue weighted by Crippen LogP contribution is 1.94. The average molecular weight is 164 g/mol. The molecule has 62 valence electrons. The molecule has 1 unspecified atom stereocenters. The van der Waals surface area contributed by atoms with Gasteiger partial charge >= 0.3 is 0 Å². The Balaban J connectivity index is 2.84. The van der Waals surface area contributed by atoms with E-state index in [1.165, 1.54) is 0 Å². The van der Waals surface area contributed by atoms with Crippen molar-refractivity contribution in [1.82, 2.24) is 5.32 Å². The van der Waals surface area contributed by atoms with Crippen molar-refractivity contribution in [3.8, 4) is 0 Å². The minimum atomic E-state index is -1.84. The summed E-state index contributed by atoms with van der Waals surface area (Å²) in [7, 11) is 1.89. The maximum absolute atomic E-state index is 10.0. The maximum atomic E-state index is 10.0. The van der Waals surface area contributed by atoms with E-state index in [1.807, 2.05) is 7.05 Å². The van der Waals surface area contributed by atoms with Crippen LogP contribution in [-0.4, -0.2) is 28.1 Å². The summed E-state index contributed by atoms with van der Waals surface area (Å²) >= 11 is -1.84. The first kappa shape index (κ1) is 10.1. The van der Waals surface area contributed by atoms with E-state index < -0.39 is 11.1 Å². The Bertz CT molecular complexity index is 97.7. The predicted octanol–water partition coefficient (Wildman–Crippen LogP) is 0.255. The summed E-state index contributed by atoms with van der Waals surface area (Å²) in [4.78, 5) is 0. The molecule has 0 amide bonds. The molecular weight excluding hydrogens is 150 g/mol. The lowest BCUT2D eigenvalue weighted by molar-refractivity contribution is 0.532. The monoisotopic (exact) mass is 164 g/mol. The highest BCUT2D eigenvalue weighted by atomic mass is 32.2. The zero-order valence-electron chi connectivity index (χ0n) is 6.26. The lowest BCUT2D eigenvalue weighted by Gasteiger charge is -2.03. The Kier molecular flexibility index (Phi) is 7.23. The topological polar surface area (TPSA) is 52.2 Å². The molecule has 0 bridgehead atoms. The quantitative estimate of drug-likeness (QED) is 0.452. The minimum Gasteiger partial charge on any atom is -0.772 e. The molecule has 0 spiro atoms. The molecular formula is C6H14NO2S-. The van der Waals surface area contributed by atoms with Gasteiger partial charge in [-0.3, -0.25) is 4.21 Å². The first-order valence-electron chi connectivity index (χ1n) is 3.48. The van der Waals surface area contributed by atoms with Crippen molar-refractivity contribution in [1.29, 1.82) is 0 Å². The van der Waals surface area contributed by atoms with Crippen molar-refractivity contribution in [2.45, 2.75) is 19.3 Å². The molecule has 1 N–H and O–H groups in total. The molecule has 0 fully saturated rings. The zero-order valence-corrected chi connectivity index (χ0v) is 7.08. The number of rotatable bonds is 6. The highest BCUT2D eigenvalue weighted by Gasteiger charge is 1.87. The van der Waals surface area contributed by atoms with Crippen molar-refractivity contribution in [2.75, 3.05) is 19.3 Å². The molecule has 0 saturated carbocycles. The number of unbranched alkanes of at least 4 members (excludes halogenated alkanes) is 2. The molecule has 0 aliphatic heterocycles. The van der Waals surface area contributed by atoms with Gasteiger partial charge in [-0.15, -0.1) is 0 Å². The lowest BCUT2D eigenvalue weighted by Crippen LogP contribution is -2.07. The van der Waals surface area contributed by atoms with Crippen molar-refractivity contribution in [2.24, 2.45) is 0 Å². The van der Waals surface area contributed by atoms with Crippen LogP contribution in [0.5, 0.6) is 0 Å². The minimum absolute atomic E-state index is 0.309. The van der Waals surface area contributed by atoms with E-state index in [-0.39, 0.29) is 0 Å². The predicted molar refractivity (Wildman–Crippen MR) is 41.6 cm³/mol. The van der Waals surface area contributed by atoms with E-state index in [4.69, 9.17) is 0 Å². The van der Waals surface area contributed by atoms with Crippen LogP contribution in [-0.2, 0) is 11.1 Å². The second-order valence-corrected chi connectivity index (χ2v) is 3.19. The summed E-state index contributed by atoms with van der Waals surface area (Å²) < 4.78 is 20.0. The summed E-state index contributed by atoms with van der Waals surface area (Å²) in [6, 6.07) is 0. The second-order valence-electron chi connectivity index (χ2n) is 2.17. The van der Waals surface area contributed by atoms with Gasteiger partial charge < -0.3 is 9.87 Å². The third-order valence-electron chi connectivity index (χ3n) is 1.24. The Labute approximate surface area is 64.5 Å². The van der Waals surface area contributed by atoms with Crippen LogP contribution in [0.1, 0.15) is 19.3 Å². The third kappa shape index (κ3) is 8.07. The van der Waals surface area contributed by atoms with Crippen LogP contribution in [0, 0.1) is 0 Å². The van der Waals surface area contributed by atoms with E-state index in [1.54, 1.807) is 0 Å². The van der Waals surface area contributed by atoms with Gasteiger partial charge in [0.1, 0.15) is 0 Å². The summed E-state index contributed by atoms with van der Waals surface area (Å²) in [5.41, 5.74) is 0. The van der Waals surface area contributed by atoms with Crippen molar-refractivity contribution < 1.29 is 8.76 Å². The fraction of sp³-hybridized carbons (Fsp3) is 1.00. The Morgan fingerprint density at radius 2 is 2.10 bits per heavy atom. The van der Waals surface area contributed by atoms with Gasteiger partial charge in [0.2, 0.25) is 0 Å². The van der Waals surface area contributed by atoms with Gasteiger partial charge in [-0.2, -0.15) is 0 Å². The van der Waals surface area contributed by atoms with Gasteiger partial charge in [0, 0.05) is 5.75 Å². The van der Waals surface area contributed by atoms with E-state index >= 15 is 0 Å². The molecule has 1 atom stereocenters. The van der Waals surface area contributed by atoms with Crippen molar-refractivity contribution in [3.05, 3.63) is 0 Å². The summed E-state index contributed by atoms with van der Waals surface area (Å²) in [6.07, 6.45) is 2.85. The van der Waals surface area contributed by atoms with Gasteiger partial charge in [-0.1, -0.05) is 17.5 Å². The van der Waals surface area contributed by atoms with Crippen LogP contribution < -0.4 is 5.32 Å². The summed E-state index contributed by atoms with van der Waals surface area (Å²) in [5, 5.41) is 3.00. The standard InChI is InChI=1S/C6H15NO2S/c1-7-5-3-2-4-6-10(8)9/h7H,2-6H2,1H3,(H,8,9)/p-1. The molecule has 0 aliphatic rings. The Morgan fingerprint density at radius 1 is 1.40 bits per heavy atom. The van der Waals surface area contributed by atoms with Crippen LogP contribution in [0.4, 0.5) is 0 Å². The Morgan fingerprint density at radius 3 is 2.60 bits per heavy atom. The van der Waals surface area contributed by atoms with Gasteiger partial charge in [-0.25, -0.2) is 0 Å². The van der Waals surface area contributed by atoms with E-state index in [2.05, 4.69) is 5.32 Å². The molecule has 0 aromatic rings. The number of nitrogens with one attached hydrogen (secondary N) is 1. The molecule has 10 heavy (non-hydrogen) atoms. The van der Waals surface area contributed by atoms with Crippen LogP contribution in [0.25, 0.3) is 0 Å². The summed E-state index contributed by atoms with van der Waals surface area (Å²) in [5.74, 6) is 0.309. The van der Waals surface area contributed by atoms with E-state index in [9.17, 15) is 8.76 Å². The van der Waals surface area contributed by atoms with Gasteiger partial charge in [0.15, 0.2) is 0 Å². The lowest BCUT2D eigenvalue weighted by atomic mass is 10.2. The van der Waals surface area contributed by atoms with Crippen molar-refractivity contribution in [3.63, 3.8) is 0 Å². The number of hydrogen-bond acceptors (Lipinski definition) is 3. The molecule has 0 aromatic carbocycles. The Hall–Kier alpha value is 0.0700.